The third-order valence-electron chi connectivity index (χ3n) is 15.1. The molecule has 2 saturated carbocycles. The number of fused-ring (bicyclic) bond motifs is 4. The van der Waals surface area contributed by atoms with E-state index in [0.717, 1.165) is 129 Å². The van der Waals surface area contributed by atoms with E-state index in [9.17, 15) is 24.3 Å². The van der Waals surface area contributed by atoms with E-state index in [0.29, 0.717) is 54.6 Å². The second-order valence-electron chi connectivity index (χ2n) is 18.4. The lowest BCUT2D eigenvalue weighted by molar-refractivity contribution is -0.148. The molecule has 1 saturated heterocycles. The molecule has 2 bridgehead atoms. The predicted molar refractivity (Wildman–Crippen MR) is 232 cm³/mol. The second-order valence-corrected chi connectivity index (χ2v) is 18.8. The van der Waals surface area contributed by atoms with E-state index in [-0.39, 0.29) is 29.6 Å². The van der Waals surface area contributed by atoms with E-state index in [2.05, 4.69) is 15.1 Å². The lowest BCUT2D eigenvalue weighted by Crippen LogP contribution is -2.49. The molecule has 5 heterocycles. The van der Waals surface area contributed by atoms with Gasteiger partial charge in [0.1, 0.15) is 0 Å². The van der Waals surface area contributed by atoms with Crippen LogP contribution in [0.15, 0.2) is 36.4 Å². The lowest BCUT2D eigenvalue weighted by atomic mass is 9.80. The van der Waals surface area contributed by atoms with Gasteiger partial charge in [-0.25, -0.2) is 14.8 Å². The van der Waals surface area contributed by atoms with Gasteiger partial charge in [0.05, 0.1) is 27.5 Å². The first-order chi connectivity index (χ1) is 29.2. The quantitative estimate of drug-likeness (QED) is 0.150. The number of carboxylic acids is 1. The minimum atomic E-state index is -0.624. The molecule has 0 radical (unpaired) electrons. The fourth-order valence-electron chi connectivity index (χ4n) is 11.3. The third kappa shape index (κ3) is 7.54. The molecule has 3 amide bonds. The summed E-state index contributed by atoms with van der Waals surface area (Å²) >= 11 is 7.08. The highest BCUT2D eigenvalue weighted by Gasteiger charge is 2.57. The zero-order valence-corrected chi connectivity index (χ0v) is 36.2. The van der Waals surface area contributed by atoms with Crippen molar-refractivity contribution >= 4 is 41.0 Å². The molecule has 3 aliphatic heterocycles. The molecule has 61 heavy (non-hydrogen) atoms. The molecule has 5 aliphatic rings. The van der Waals surface area contributed by atoms with Crippen molar-refractivity contribution in [2.24, 2.45) is 30.7 Å². The maximum atomic E-state index is 13.9. The molecule has 322 valence electrons. The summed E-state index contributed by atoms with van der Waals surface area (Å²) in [6.45, 7) is 7.30. The zero-order valence-electron chi connectivity index (χ0n) is 35.4. The van der Waals surface area contributed by atoms with Gasteiger partial charge in [-0.05, 0) is 93.0 Å². The van der Waals surface area contributed by atoms with Crippen molar-refractivity contribution in [1.29, 1.82) is 0 Å². The Hall–Kier alpha value is -5.05. The van der Waals surface area contributed by atoms with Gasteiger partial charge in [0.15, 0.2) is 11.6 Å². The average Bonchev–Trinajstić information content (AvgIpc) is 4.02. The van der Waals surface area contributed by atoms with Crippen LogP contribution in [0.2, 0.25) is 5.02 Å². The molecular formula is C46H56ClN9O5. The monoisotopic (exact) mass is 849 g/mol. The molecule has 14 nitrogen and oxygen atoms in total. The van der Waals surface area contributed by atoms with Gasteiger partial charge in [0.25, 0.3) is 5.91 Å². The average molecular weight is 850 g/mol. The molecule has 4 aromatic rings. The Bertz CT molecular complexity index is 2420. The third-order valence-corrected chi connectivity index (χ3v) is 15.5. The number of carbonyl (C=O) groups is 4. The van der Waals surface area contributed by atoms with Crippen LogP contribution in [0, 0.1) is 17.8 Å². The van der Waals surface area contributed by atoms with Crippen molar-refractivity contribution in [3.8, 4) is 11.1 Å². The van der Waals surface area contributed by atoms with Crippen LogP contribution < -0.4 is 11.1 Å². The maximum absolute atomic E-state index is 13.9. The van der Waals surface area contributed by atoms with E-state index in [4.69, 9.17) is 27.3 Å². The fourth-order valence-corrected chi connectivity index (χ4v) is 11.6. The number of rotatable bonds is 11. The van der Waals surface area contributed by atoms with Crippen molar-refractivity contribution in [2.75, 3.05) is 38.0 Å². The summed E-state index contributed by atoms with van der Waals surface area (Å²) in [6, 6.07) is 11.5. The number of primary amides is 1. The summed E-state index contributed by atoms with van der Waals surface area (Å²) < 4.78 is 3.85. The van der Waals surface area contributed by atoms with Crippen LogP contribution >= 0.6 is 11.6 Å². The first kappa shape index (κ1) is 41.3. The first-order valence-electron chi connectivity index (χ1n) is 21.8. The van der Waals surface area contributed by atoms with Crippen LogP contribution in [0.25, 0.3) is 11.1 Å². The molecule has 2 aromatic carbocycles. The number of piperidine rings is 1. The number of carboxylic acid groups (broad SMARTS) is 1. The maximum Gasteiger partial charge on any atom is 0.314 e. The molecule has 15 heteroatoms. The number of aromatic nitrogens is 4. The van der Waals surface area contributed by atoms with Crippen molar-refractivity contribution in [2.45, 2.75) is 96.7 Å². The highest BCUT2D eigenvalue weighted by Crippen LogP contribution is 2.63. The highest BCUT2D eigenvalue weighted by atomic mass is 35.5. The molecule has 0 atom stereocenters. The lowest BCUT2D eigenvalue weighted by Gasteiger charge is -2.39. The molecule has 2 aromatic heterocycles. The van der Waals surface area contributed by atoms with Gasteiger partial charge >= 0.3 is 12.0 Å². The minimum absolute atomic E-state index is 0.0550. The number of urea groups is 1. The number of hydrogen-bond acceptors (Lipinski definition) is 8. The van der Waals surface area contributed by atoms with E-state index >= 15 is 0 Å². The van der Waals surface area contributed by atoms with Gasteiger partial charge in [-0.2, -0.15) is 0 Å². The Kier molecular flexibility index (Phi) is 10.8. The van der Waals surface area contributed by atoms with Gasteiger partial charge < -0.3 is 30.2 Å². The van der Waals surface area contributed by atoms with Gasteiger partial charge in [-0.15, -0.1) is 0 Å². The Morgan fingerprint density at radius 2 is 1.52 bits per heavy atom. The van der Waals surface area contributed by atoms with E-state index in [1.807, 2.05) is 60.5 Å². The molecule has 0 unspecified atom stereocenters. The van der Waals surface area contributed by atoms with Gasteiger partial charge in [0, 0.05) is 95.6 Å². The Morgan fingerprint density at radius 3 is 2.23 bits per heavy atom. The molecule has 3 fully saturated rings. The summed E-state index contributed by atoms with van der Waals surface area (Å²) in [7, 11) is 3.82. The summed E-state index contributed by atoms with van der Waals surface area (Å²) in [5.41, 5.74) is 13.0. The SMILES string of the molecule is Cc1c(CC(=O)c2nc3c(n2C)CCN(C2CCN(C(N)=O)CC2)C3)cccc1-c1cccc(NC(=O)c2nc3c(n2C)CCN(CCC24CCC(C(=O)O)(CC2)C4)C3)c1Cl. The number of Topliss-reactive ketones (excluding diaryl/α,β-unsaturated/α-hetero) is 1. The van der Waals surface area contributed by atoms with Crippen molar-refractivity contribution < 1.29 is 24.3 Å². The molecular weight excluding hydrogens is 794 g/mol. The van der Waals surface area contributed by atoms with Gasteiger partial charge in [-0.1, -0.05) is 41.9 Å². The Morgan fingerprint density at radius 1 is 0.869 bits per heavy atom. The number of imidazole rings is 2. The smallest absolute Gasteiger partial charge is 0.314 e. The van der Waals surface area contributed by atoms with Gasteiger partial charge in [-0.3, -0.25) is 24.2 Å². The topological polar surface area (TPSA) is 172 Å². The Balaban J connectivity index is 0.850. The highest BCUT2D eigenvalue weighted by molar-refractivity contribution is 6.36. The predicted octanol–water partition coefficient (Wildman–Crippen LogP) is 6.14. The molecule has 0 spiro atoms. The van der Waals surface area contributed by atoms with Crippen LogP contribution in [-0.2, 0) is 51.2 Å². The normalized spacial score (nSPS) is 22.9. The second kappa shape index (κ2) is 16.0. The Labute approximate surface area is 361 Å². The first-order valence-corrected chi connectivity index (χ1v) is 22.2. The number of anilines is 1. The summed E-state index contributed by atoms with van der Waals surface area (Å²) in [5, 5.41) is 13.3. The molecule has 2 aliphatic carbocycles. The number of aliphatic carboxylic acids is 1. The van der Waals surface area contributed by atoms with Crippen LogP contribution in [0.4, 0.5) is 10.5 Å². The van der Waals surface area contributed by atoms with Crippen molar-refractivity contribution in [1.82, 2.24) is 33.8 Å². The van der Waals surface area contributed by atoms with Crippen LogP contribution in [0.5, 0.6) is 0 Å². The number of carbonyl (C=O) groups excluding carboxylic acids is 3. The largest absolute Gasteiger partial charge is 0.481 e. The zero-order chi connectivity index (χ0) is 42.8. The number of nitrogens with one attached hydrogen (secondary N) is 1. The van der Waals surface area contributed by atoms with Crippen LogP contribution in [0.3, 0.4) is 0 Å². The summed E-state index contributed by atoms with van der Waals surface area (Å²) in [6.07, 6.45) is 8.91. The van der Waals surface area contributed by atoms with E-state index in [1.54, 1.807) is 11.0 Å². The number of nitrogens with two attached hydrogens (primary N) is 1. The summed E-state index contributed by atoms with van der Waals surface area (Å²) in [5.74, 6) is -0.233. The number of hydrogen-bond donors (Lipinski definition) is 3. The number of amides is 3. The number of likely N-dealkylation sites (tertiary alicyclic amines) is 1. The number of benzene rings is 2. The minimum Gasteiger partial charge on any atom is -0.481 e. The van der Waals surface area contributed by atoms with E-state index < -0.39 is 11.4 Å². The van der Waals surface area contributed by atoms with Crippen molar-refractivity contribution in [3.05, 3.63) is 87.0 Å². The fraction of sp³-hybridized carbons (Fsp3) is 0.522. The van der Waals surface area contributed by atoms with E-state index in [1.165, 1.54) is 0 Å². The standard InChI is InChI=1S/C46H56ClN9O5/c1-28-29(24-38(57)40-49-35-26-56(22-13-37(35)52(40)2)30-10-20-55(21-11-30)44(48)61)6-4-7-31(28)32-8-5-9-33(39(32)47)51-42(58)41-50-34-25-54(19-12-36(34)53(41)3)23-18-45-14-16-46(27-45,17-15-45)43(59)60/h4-9,30H,10-27H2,1-3H3,(H2,48,61)(H,51,58)(H,59,60). The van der Waals surface area contributed by atoms with Gasteiger partial charge in [0.2, 0.25) is 5.78 Å². The van der Waals surface area contributed by atoms with Crippen LogP contribution in [-0.4, -0.2) is 101 Å². The summed E-state index contributed by atoms with van der Waals surface area (Å²) in [4.78, 5) is 67.6. The molecule has 4 N–H and O–H groups in total. The molecule has 9 rings (SSSR count). The van der Waals surface area contributed by atoms with Crippen LogP contribution in [0.1, 0.15) is 107 Å². The number of nitrogens with zero attached hydrogens (tertiary/aromatic N) is 7. The number of ketones is 1. The van der Waals surface area contributed by atoms with Crippen molar-refractivity contribution in [3.63, 3.8) is 0 Å². The number of halogens is 1.